The van der Waals surface area contributed by atoms with E-state index in [-0.39, 0.29) is 4.90 Å². The van der Waals surface area contributed by atoms with Gasteiger partial charge < -0.3 is 10.6 Å². The number of sulfonamides is 1. The molecule has 0 bridgehead atoms. The second-order valence-electron chi connectivity index (χ2n) is 4.97. The van der Waals surface area contributed by atoms with E-state index in [9.17, 15) is 8.42 Å². The molecule has 0 radical (unpaired) electrons. The topological polar surface area (TPSA) is 74.3 Å². The Kier molecular flexibility index (Phi) is 5.64. The smallest absolute Gasteiger partial charge is 0.242 e. The second kappa shape index (κ2) is 7.49. The first-order chi connectivity index (χ1) is 10.9. The lowest BCUT2D eigenvalue weighted by Crippen LogP contribution is -2.28. The lowest BCUT2D eigenvalue weighted by molar-refractivity contribution is 0.520. The van der Waals surface area contributed by atoms with Crippen LogP contribution in [0.5, 0.6) is 0 Å². The molecule has 0 spiro atoms. The summed E-state index contributed by atoms with van der Waals surface area (Å²) in [6, 6.07) is 10.3. The number of hydrogen-bond acceptors (Lipinski definition) is 4. The zero-order valence-corrected chi connectivity index (χ0v) is 14.5. The number of pyridine rings is 1. The Morgan fingerprint density at radius 3 is 2.30 bits per heavy atom. The Morgan fingerprint density at radius 1 is 1.13 bits per heavy atom. The van der Waals surface area contributed by atoms with Gasteiger partial charge in [0.25, 0.3) is 0 Å². The average molecular weight is 350 g/mol. The van der Waals surface area contributed by atoms with Crippen LogP contribution >= 0.6 is 12.2 Å². The summed E-state index contributed by atoms with van der Waals surface area (Å²) >= 11 is 5.21. The van der Waals surface area contributed by atoms with Crippen molar-refractivity contribution in [2.24, 2.45) is 0 Å². The van der Waals surface area contributed by atoms with E-state index in [1.54, 1.807) is 36.7 Å². The number of nitrogens with zero attached hydrogens (tertiary/aromatic N) is 2. The highest BCUT2D eigenvalue weighted by Crippen LogP contribution is 2.14. The summed E-state index contributed by atoms with van der Waals surface area (Å²) in [5.41, 5.74) is 1.78. The van der Waals surface area contributed by atoms with E-state index in [1.165, 1.54) is 18.4 Å². The van der Waals surface area contributed by atoms with Gasteiger partial charge in [0.1, 0.15) is 0 Å². The largest absolute Gasteiger partial charge is 0.358 e. The van der Waals surface area contributed by atoms with Gasteiger partial charge in [-0.05, 0) is 42.0 Å². The second-order valence-corrected chi connectivity index (χ2v) is 7.54. The molecule has 0 saturated carbocycles. The molecular formula is C15H18N4O2S2. The van der Waals surface area contributed by atoms with Crippen LogP contribution in [0.25, 0.3) is 0 Å². The number of rotatable bonds is 5. The lowest BCUT2D eigenvalue weighted by Gasteiger charge is -2.13. The van der Waals surface area contributed by atoms with Crippen LogP contribution in [0.15, 0.2) is 53.7 Å². The van der Waals surface area contributed by atoms with Crippen LogP contribution in [-0.4, -0.2) is 36.9 Å². The Balaban J connectivity index is 1.93. The molecule has 0 unspecified atom stereocenters. The average Bonchev–Trinajstić information content (AvgIpc) is 2.54. The molecule has 2 N–H and O–H groups in total. The normalized spacial score (nSPS) is 11.3. The molecule has 0 aliphatic carbocycles. The molecule has 0 saturated heterocycles. The predicted octanol–water partition coefficient (Wildman–Crippen LogP) is 1.82. The van der Waals surface area contributed by atoms with Gasteiger partial charge in [0, 0.05) is 38.7 Å². The molecule has 6 nitrogen and oxygen atoms in total. The lowest BCUT2D eigenvalue weighted by atomic mass is 10.2. The molecule has 122 valence electrons. The summed E-state index contributed by atoms with van der Waals surface area (Å²) in [6.07, 6.45) is 3.35. The first kappa shape index (κ1) is 17.3. The summed E-state index contributed by atoms with van der Waals surface area (Å²) in [7, 11) is -0.381. The third-order valence-corrected chi connectivity index (χ3v) is 5.17. The molecule has 0 atom stereocenters. The molecule has 8 heteroatoms. The van der Waals surface area contributed by atoms with Gasteiger partial charge in [-0.2, -0.15) is 0 Å². The zero-order valence-electron chi connectivity index (χ0n) is 12.9. The van der Waals surface area contributed by atoms with E-state index >= 15 is 0 Å². The number of hydrogen-bond donors (Lipinski definition) is 2. The van der Waals surface area contributed by atoms with Crippen molar-refractivity contribution in [1.82, 2.24) is 14.6 Å². The molecule has 0 fully saturated rings. The van der Waals surface area contributed by atoms with Crippen molar-refractivity contribution < 1.29 is 8.42 Å². The van der Waals surface area contributed by atoms with Gasteiger partial charge in [-0.15, -0.1) is 0 Å². The first-order valence-electron chi connectivity index (χ1n) is 6.86. The summed E-state index contributed by atoms with van der Waals surface area (Å²) in [5, 5.41) is 6.60. The third-order valence-electron chi connectivity index (χ3n) is 3.09. The molecule has 1 heterocycles. The van der Waals surface area contributed by atoms with Crippen LogP contribution in [0.4, 0.5) is 5.69 Å². The summed E-state index contributed by atoms with van der Waals surface area (Å²) in [5.74, 6) is 0. The van der Waals surface area contributed by atoms with Gasteiger partial charge in [0.15, 0.2) is 5.11 Å². The quantitative estimate of drug-likeness (QED) is 0.802. The van der Waals surface area contributed by atoms with Crippen LogP contribution in [-0.2, 0) is 16.6 Å². The van der Waals surface area contributed by atoms with Gasteiger partial charge in [-0.1, -0.05) is 12.1 Å². The van der Waals surface area contributed by atoms with Gasteiger partial charge >= 0.3 is 0 Å². The van der Waals surface area contributed by atoms with Crippen LogP contribution in [0.3, 0.4) is 0 Å². The van der Waals surface area contributed by atoms with Crippen molar-refractivity contribution in [2.75, 3.05) is 19.4 Å². The fourth-order valence-electron chi connectivity index (χ4n) is 1.78. The summed E-state index contributed by atoms with van der Waals surface area (Å²) in [4.78, 5) is 4.20. The van der Waals surface area contributed by atoms with Crippen LogP contribution < -0.4 is 10.6 Å². The van der Waals surface area contributed by atoms with Gasteiger partial charge in [-0.3, -0.25) is 4.98 Å². The van der Waals surface area contributed by atoms with Crippen molar-refractivity contribution in [1.29, 1.82) is 0 Å². The van der Waals surface area contributed by atoms with E-state index < -0.39 is 10.0 Å². The Hall–Kier alpha value is -2.03. The Bertz CT molecular complexity index is 760. The molecule has 23 heavy (non-hydrogen) atoms. The third kappa shape index (κ3) is 4.72. The SMILES string of the molecule is CN(C)S(=O)(=O)c1ccc(CNC(=S)Nc2ccncc2)cc1. The van der Waals surface area contributed by atoms with E-state index in [1.807, 2.05) is 12.1 Å². The van der Waals surface area contributed by atoms with E-state index in [2.05, 4.69) is 15.6 Å². The highest BCUT2D eigenvalue weighted by atomic mass is 32.2. The molecular weight excluding hydrogens is 332 g/mol. The summed E-state index contributed by atoms with van der Waals surface area (Å²) in [6.45, 7) is 0.499. The Labute approximate surface area is 141 Å². The Morgan fingerprint density at radius 2 is 1.74 bits per heavy atom. The van der Waals surface area contributed by atoms with E-state index in [4.69, 9.17) is 12.2 Å². The van der Waals surface area contributed by atoms with Gasteiger partial charge in [0.05, 0.1) is 4.90 Å². The highest BCUT2D eigenvalue weighted by molar-refractivity contribution is 7.89. The summed E-state index contributed by atoms with van der Waals surface area (Å²) < 4.78 is 25.2. The maximum Gasteiger partial charge on any atom is 0.242 e. The fraction of sp³-hybridized carbons (Fsp3) is 0.200. The van der Waals surface area contributed by atoms with Crippen LogP contribution in [0.2, 0.25) is 0 Å². The number of benzene rings is 1. The maximum absolute atomic E-state index is 12.0. The molecule has 1 aromatic carbocycles. The van der Waals surface area contributed by atoms with Gasteiger partial charge in [-0.25, -0.2) is 12.7 Å². The number of aromatic nitrogens is 1. The van der Waals surface area contributed by atoms with E-state index in [0.29, 0.717) is 11.7 Å². The molecule has 2 aromatic rings. The standard InChI is InChI=1S/C15H18N4O2S2/c1-19(2)23(20,21)14-5-3-12(4-6-14)11-17-15(22)18-13-7-9-16-10-8-13/h3-10H,11H2,1-2H3,(H2,16,17,18,22). The monoisotopic (exact) mass is 350 g/mol. The first-order valence-corrected chi connectivity index (χ1v) is 8.71. The molecule has 0 aliphatic rings. The number of nitrogens with one attached hydrogen (secondary N) is 2. The van der Waals surface area contributed by atoms with Crippen molar-refractivity contribution in [3.05, 3.63) is 54.4 Å². The van der Waals surface area contributed by atoms with Crippen molar-refractivity contribution >= 4 is 33.0 Å². The predicted molar refractivity (Wildman–Crippen MR) is 94.6 cm³/mol. The maximum atomic E-state index is 12.0. The number of thiocarbonyl (C=S) groups is 1. The minimum atomic E-state index is -3.40. The molecule has 0 amide bonds. The van der Waals surface area contributed by atoms with Crippen LogP contribution in [0, 0.1) is 0 Å². The van der Waals surface area contributed by atoms with Crippen molar-refractivity contribution in [3.63, 3.8) is 0 Å². The highest BCUT2D eigenvalue weighted by Gasteiger charge is 2.16. The van der Waals surface area contributed by atoms with Gasteiger partial charge in [0.2, 0.25) is 10.0 Å². The molecule has 1 aromatic heterocycles. The zero-order chi connectivity index (χ0) is 16.9. The minimum absolute atomic E-state index is 0.267. The molecule has 0 aliphatic heterocycles. The fourth-order valence-corrected chi connectivity index (χ4v) is 2.87. The van der Waals surface area contributed by atoms with Crippen molar-refractivity contribution in [3.8, 4) is 0 Å². The number of anilines is 1. The molecule has 2 rings (SSSR count). The minimum Gasteiger partial charge on any atom is -0.358 e. The van der Waals surface area contributed by atoms with Crippen LogP contribution in [0.1, 0.15) is 5.56 Å². The van der Waals surface area contributed by atoms with Crippen molar-refractivity contribution in [2.45, 2.75) is 11.4 Å². The van der Waals surface area contributed by atoms with E-state index in [0.717, 1.165) is 11.3 Å².